The molecule has 0 spiro atoms. The summed E-state index contributed by atoms with van der Waals surface area (Å²) >= 11 is 0. The van der Waals surface area contributed by atoms with Crippen molar-refractivity contribution < 1.29 is 8.98 Å². The van der Waals surface area contributed by atoms with Gasteiger partial charge in [-0.1, -0.05) is 45.2 Å². The highest BCUT2D eigenvalue weighted by Gasteiger charge is 2.23. The quantitative estimate of drug-likeness (QED) is 0.349. The Kier molecular flexibility index (Phi) is 4.85. The van der Waals surface area contributed by atoms with Gasteiger partial charge in [-0.05, 0) is 48.9 Å². The van der Waals surface area contributed by atoms with E-state index in [0.29, 0.717) is 11.8 Å². The van der Waals surface area contributed by atoms with Crippen molar-refractivity contribution >= 4 is 22.1 Å². The minimum Gasteiger partial charge on any atom is -0.437 e. The van der Waals surface area contributed by atoms with Crippen molar-refractivity contribution in [2.24, 2.45) is 7.05 Å². The maximum absolute atomic E-state index is 6.48. The van der Waals surface area contributed by atoms with Gasteiger partial charge in [0.15, 0.2) is 11.8 Å². The number of pyridine rings is 2. The third-order valence-corrected chi connectivity index (χ3v) is 6.86. The number of nitrogens with zero attached hydrogens (tertiary/aromatic N) is 2. The summed E-state index contributed by atoms with van der Waals surface area (Å²) in [6.45, 7) is 6.65. The van der Waals surface area contributed by atoms with Crippen molar-refractivity contribution in [2.45, 2.75) is 64.7 Å². The molecule has 0 aliphatic heterocycles. The highest BCUT2D eigenvalue weighted by atomic mass is 16.3. The van der Waals surface area contributed by atoms with Gasteiger partial charge in [-0.15, -0.1) is 0 Å². The van der Waals surface area contributed by atoms with Gasteiger partial charge >= 0.3 is 0 Å². The first-order valence-electron chi connectivity index (χ1n) is 11.4. The maximum atomic E-state index is 6.48. The van der Waals surface area contributed by atoms with Gasteiger partial charge < -0.3 is 4.42 Å². The van der Waals surface area contributed by atoms with Crippen molar-refractivity contribution in [2.75, 3.05) is 0 Å². The smallest absolute Gasteiger partial charge is 0.227 e. The lowest BCUT2D eigenvalue weighted by Crippen LogP contribution is -2.31. The van der Waals surface area contributed by atoms with Crippen LogP contribution in [0.1, 0.15) is 74.6 Å². The topological polar surface area (TPSA) is 29.9 Å². The lowest BCUT2D eigenvalue weighted by atomic mass is 9.86. The molecule has 0 bridgehead atoms. The SMILES string of the molecule is Cc1ccc2c(oc3nc(C4CCCCC4)ccc32)c1-c1cc(C(C)C)cc[n+]1C. The Balaban J connectivity index is 1.71. The van der Waals surface area contributed by atoms with Crippen LogP contribution in [0.3, 0.4) is 0 Å². The molecule has 3 heteroatoms. The predicted molar refractivity (Wildman–Crippen MR) is 123 cm³/mol. The van der Waals surface area contributed by atoms with Crippen molar-refractivity contribution in [1.82, 2.24) is 4.98 Å². The Morgan fingerprint density at radius 2 is 1.77 bits per heavy atom. The molecule has 154 valence electrons. The number of benzene rings is 1. The summed E-state index contributed by atoms with van der Waals surface area (Å²) in [5.74, 6) is 1.07. The van der Waals surface area contributed by atoms with Crippen LogP contribution in [0.2, 0.25) is 0 Å². The van der Waals surface area contributed by atoms with Gasteiger partial charge in [-0.3, -0.25) is 0 Å². The second-order valence-corrected chi connectivity index (χ2v) is 9.27. The van der Waals surface area contributed by atoms with Crippen LogP contribution in [0.25, 0.3) is 33.3 Å². The molecule has 0 unspecified atom stereocenters. The zero-order chi connectivity index (χ0) is 20.8. The summed E-state index contributed by atoms with van der Waals surface area (Å²) in [5.41, 5.74) is 7.87. The van der Waals surface area contributed by atoms with Gasteiger partial charge in [-0.25, -0.2) is 9.55 Å². The summed E-state index contributed by atoms with van der Waals surface area (Å²) in [4.78, 5) is 5.00. The van der Waals surface area contributed by atoms with Crippen LogP contribution in [0.15, 0.2) is 47.0 Å². The average molecular weight is 400 g/mol. The van der Waals surface area contributed by atoms with Crippen LogP contribution in [0, 0.1) is 6.92 Å². The van der Waals surface area contributed by atoms with Crippen LogP contribution in [-0.2, 0) is 7.05 Å². The molecule has 1 saturated carbocycles. The molecule has 0 radical (unpaired) electrons. The van der Waals surface area contributed by atoms with E-state index in [2.05, 4.69) is 75.0 Å². The lowest BCUT2D eigenvalue weighted by Gasteiger charge is -2.20. The van der Waals surface area contributed by atoms with Crippen LogP contribution >= 0.6 is 0 Å². The van der Waals surface area contributed by atoms with Gasteiger partial charge in [0.1, 0.15) is 7.05 Å². The number of hydrogen-bond donors (Lipinski definition) is 0. The molecule has 3 aromatic heterocycles. The number of hydrogen-bond acceptors (Lipinski definition) is 2. The van der Waals surface area contributed by atoms with E-state index < -0.39 is 0 Å². The van der Waals surface area contributed by atoms with Gasteiger partial charge in [0, 0.05) is 34.5 Å². The first kappa shape index (κ1) is 19.3. The fourth-order valence-electron chi connectivity index (χ4n) is 4.97. The molecule has 5 rings (SSSR count). The van der Waals surface area contributed by atoms with Crippen molar-refractivity contribution in [3.8, 4) is 11.3 Å². The van der Waals surface area contributed by atoms with Crippen molar-refractivity contribution in [3.63, 3.8) is 0 Å². The Bertz CT molecular complexity index is 1230. The molecule has 3 nitrogen and oxygen atoms in total. The fourth-order valence-corrected chi connectivity index (χ4v) is 4.97. The van der Waals surface area contributed by atoms with Crippen LogP contribution in [0.5, 0.6) is 0 Å². The molecule has 1 aromatic carbocycles. The highest BCUT2D eigenvalue weighted by Crippen LogP contribution is 2.38. The molecule has 1 aliphatic rings. The Hall–Kier alpha value is -2.68. The van der Waals surface area contributed by atoms with Crippen molar-refractivity contribution in [3.05, 3.63) is 59.4 Å². The molecule has 3 heterocycles. The predicted octanol–water partition coefficient (Wildman–Crippen LogP) is 6.95. The van der Waals surface area contributed by atoms with Gasteiger partial charge in [0.05, 0.1) is 5.56 Å². The molecule has 0 amide bonds. The van der Waals surface area contributed by atoms with E-state index in [1.54, 1.807) is 0 Å². The van der Waals surface area contributed by atoms with E-state index in [1.165, 1.54) is 60.2 Å². The normalized spacial score (nSPS) is 15.5. The summed E-state index contributed by atoms with van der Waals surface area (Å²) in [6, 6.07) is 13.4. The van der Waals surface area contributed by atoms with Crippen LogP contribution in [0.4, 0.5) is 0 Å². The first-order chi connectivity index (χ1) is 14.5. The molecule has 0 atom stereocenters. The van der Waals surface area contributed by atoms with Crippen LogP contribution in [-0.4, -0.2) is 4.98 Å². The fraction of sp³-hybridized carbons (Fsp3) is 0.407. The van der Waals surface area contributed by atoms with E-state index in [0.717, 1.165) is 22.1 Å². The van der Waals surface area contributed by atoms with Gasteiger partial charge in [0.25, 0.3) is 0 Å². The molecule has 4 aromatic rings. The Morgan fingerprint density at radius 1 is 1.00 bits per heavy atom. The molecule has 30 heavy (non-hydrogen) atoms. The van der Waals surface area contributed by atoms with Gasteiger partial charge in [0.2, 0.25) is 11.4 Å². The van der Waals surface area contributed by atoms with Crippen LogP contribution < -0.4 is 4.57 Å². The monoisotopic (exact) mass is 399 g/mol. The highest BCUT2D eigenvalue weighted by molar-refractivity contribution is 6.08. The van der Waals surface area contributed by atoms with Crippen molar-refractivity contribution in [1.29, 1.82) is 0 Å². The molecule has 1 fully saturated rings. The number of aryl methyl sites for hydroxylation is 2. The molecule has 0 N–H and O–H groups in total. The van der Waals surface area contributed by atoms with E-state index in [9.17, 15) is 0 Å². The maximum Gasteiger partial charge on any atom is 0.227 e. The Labute approximate surface area is 178 Å². The second kappa shape index (κ2) is 7.54. The number of rotatable bonds is 3. The second-order valence-electron chi connectivity index (χ2n) is 9.27. The molecular formula is C27H31N2O+. The average Bonchev–Trinajstić information content (AvgIpc) is 3.12. The minimum absolute atomic E-state index is 0.486. The van der Waals surface area contributed by atoms with E-state index >= 15 is 0 Å². The first-order valence-corrected chi connectivity index (χ1v) is 11.4. The van der Waals surface area contributed by atoms with E-state index in [-0.39, 0.29) is 0 Å². The number of furan rings is 1. The minimum atomic E-state index is 0.486. The molecular weight excluding hydrogens is 368 g/mol. The third-order valence-electron chi connectivity index (χ3n) is 6.86. The standard InChI is InChI=1S/C27H31N2O/c1-17(2)20-14-15-29(4)24(16-20)25-18(3)10-11-21-22-12-13-23(19-8-6-5-7-9-19)28-27(22)30-26(21)25/h10-17,19H,5-9H2,1-4H3/q+1. The number of fused-ring (bicyclic) bond motifs is 3. The zero-order valence-corrected chi connectivity index (χ0v) is 18.5. The largest absolute Gasteiger partial charge is 0.437 e. The lowest BCUT2D eigenvalue weighted by molar-refractivity contribution is -0.660. The molecule has 0 saturated heterocycles. The summed E-state index contributed by atoms with van der Waals surface area (Å²) in [6.07, 6.45) is 8.65. The summed E-state index contributed by atoms with van der Waals surface area (Å²) < 4.78 is 8.68. The summed E-state index contributed by atoms with van der Waals surface area (Å²) in [7, 11) is 2.11. The van der Waals surface area contributed by atoms with Gasteiger partial charge in [-0.2, -0.15) is 0 Å². The summed E-state index contributed by atoms with van der Waals surface area (Å²) in [5, 5.41) is 2.27. The molecule has 1 aliphatic carbocycles. The van der Waals surface area contributed by atoms with E-state index in [1.807, 2.05) is 0 Å². The Morgan fingerprint density at radius 3 is 2.53 bits per heavy atom. The zero-order valence-electron chi connectivity index (χ0n) is 18.5. The van der Waals surface area contributed by atoms with E-state index in [4.69, 9.17) is 9.40 Å². The third kappa shape index (κ3) is 3.21. The number of aromatic nitrogens is 2.